The van der Waals surface area contributed by atoms with Crippen molar-refractivity contribution in [3.05, 3.63) is 0 Å². The maximum atomic E-state index is 3.74. The van der Waals surface area contributed by atoms with E-state index >= 15 is 0 Å². The molecule has 0 amide bonds. The van der Waals surface area contributed by atoms with E-state index in [4.69, 9.17) is 0 Å². The second-order valence-corrected chi connectivity index (χ2v) is 7.48. The number of hydrogen-bond acceptors (Lipinski definition) is 2. The first-order valence-electron chi connectivity index (χ1n) is 7.73. The van der Waals surface area contributed by atoms with Crippen LogP contribution in [-0.4, -0.2) is 36.6 Å². The van der Waals surface area contributed by atoms with Gasteiger partial charge in [0, 0.05) is 24.7 Å². The summed E-state index contributed by atoms with van der Waals surface area (Å²) >= 11 is 0. The Morgan fingerprint density at radius 2 is 1.78 bits per heavy atom. The summed E-state index contributed by atoms with van der Waals surface area (Å²) in [4.78, 5) is 2.57. The van der Waals surface area contributed by atoms with Crippen molar-refractivity contribution < 1.29 is 0 Å². The van der Waals surface area contributed by atoms with Gasteiger partial charge in [-0.1, -0.05) is 19.8 Å². The van der Waals surface area contributed by atoms with E-state index < -0.39 is 0 Å². The summed E-state index contributed by atoms with van der Waals surface area (Å²) in [5.41, 5.74) is 0.760. The van der Waals surface area contributed by atoms with Gasteiger partial charge in [0.1, 0.15) is 0 Å². The van der Waals surface area contributed by atoms with Crippen LogP contribution in [0.15, 0.2) is 0 Å². The van der Waals surface area contributed by atoms with E-state index in [1.807, 2.05) is 0 Å². The highest BCUT2D eigenvalue weighted by molar-refractivity contribution is 4.91. The van der Waals surface area contributed by atoms with Gasteiger partial charge in [0.15, 0.2) is 0 Å². The SMILES string of the molecule is CCC(C)N(C)CC1(CNC(C)(C)C)CCCC1. The molecule has 18 heavy (non-hydrogen) atoms. The molecule has 2 nitrogen and oxygen atoms in total. The number of nitrogens with zero attached hydrogens (tertiary/aromatic N) is 1. The highest BCUT2D eigenvalue weighted by Crippen LogP contribution is 2.38. The Kier molecular flexibility index (Phi) is 5.67. The predicted molar refractivity (Wildman–Crippen MR) is 81.0 cm³/mol. The predicted octanol–water partition coefficient (Wildman–Crippen LogP) is 3.67. The molecule has 1 aliphatic carbocycles. The molecule has 1 aliphatic rings. The van der Waals surface area contributed by atoms with E-state index in [1.54, 1.807) is 0 Å². The molecule has 1 saturated carbocycles. The van der Waals surface area contributed by atoms with E-state index in [2.05, 4.69) is 51.9 Å². The minimum Gasteiger partial charge on any atom is -0.311 e. The molecule has 1 fully saturated rings. The van der Waals surface area contributed by atoms with Crippen molar-refractivity contribution in [3.8, 4) is 0 Å². The van der Waals surface area contributed by atoms with E-state index in [0.717, 1.165) is 0 Å². The second kappa shape index (κ2) is 6.38. The van der Waals surface area contributed by atoms with Gasteiger partial charge >= 0.3 is 0 Å². The lowest BCUT2D eigenvalue weighted by atomic mass is 9.84. The van der Waals surface area contributed by atoms with Gasteiger partial charge < -0.3 is 10.2 Å². The van der Waals surface area contributed by atoms with Crippen LogP contribution in [-0.2, 0) is 0 Å². The molecule has 108 valence electrons. The molecule has 0 radical (unpaired) electrons. The summed E-state index contributed by atoms with van der Waals surface area (Å²) in [5.74, 6) is 0. The van der Waals surface area contributed by atoms with Crippen molar-refractivity contribution in [1.82, 2.24) is 10.2 Å². The third-order valence-corrected chi connectivity index (χ3v) is 4.59. The van der Waals surface area contributed by atoms with Crippen molar-refractivity contribution >= 4 is 0 Å². The molecule has 0 spiro atoms. The Morgan fingerprint density at radius 1 is 1.22 bits per heavy atom. The summed E-state index contributed by atoms with van der Waals surface area (Å²) in [6, 6.07) is 0.706. The second-order valence-electron chi connectivity index (χ2n) is 7.48. The zero-order valence-corrected chi connectivity index (χ0v) is 13.5. The smallest absolute Gasteiger partial charge is 0.00967 e. The third kappa shape index (κ3) is 4.89. The number of hydrogen-bond donors (Lipinski definition) is 1. The molecule has 0 saturated heterocycles. The van der Waals surface area contributed by atoms with Crippen LogP contribution in [0.1, 0.15) is 66.7 Å². The minimum atomic E-state index is 0.241. The summed E-state index contributed by atoms with van der Waals surface area (Å²) in [6.45, 7) is 13.9. The summed E-state index contributed by atoms with van der Waals surface area (Å²) in [5, 5.41) is 3.74. The van der Waals surface area contributed by atoms with Crippen LogP contribution in [0, 0.1) is 5.41 Å². The highest BCUT2D eigenvalue weighted by atomic mass is 15.1. The molecule has 1 atom stereocenters. The molecule has 0 heterocycles. The lowest BCUT2D eigenvalue weighted by Crippen LogP contribution is -2.48. The monoisotopic (exact) mass is 254 g/mol. The summed E-state index contributed by atoms with van der Waals surface area (Å²) in [6.07, 6.45) is 6.88. The first kappa shape index (κ1) is 16.0. The van der Waals surface area contributed by atoms with E-state index in [0.29, 0.717) is 11.5 Å². The fourth-order valence-electron chi connectivity index (χ4n) is 2.97. The first-order chi connectivity index (χ1) is 8.28. The third-order valence-electron chi connectivity index (χ3n) is 4.59. The quantitative estimate of drug-likeness (QED) is 0.778. The number of nitrogens with one attached hydrogen (secondary N) is 1. The summed E-state index contributed by atoms with van der Waals surface area (Å²) in [7, 11) is 2.30. The maximum Gasteiger partial charge on any atom is 0.00967 e. The van der Waals surface area contributed by atoms with Gasteiger partial charge in [-0.2, -0.15) is 0 Å². The minimum absolute atomic E-state index is 0.241. The van der Waals surface area contributed by atoms with Crippen molar-refractivity contribution in [2.24, 2.45) is 5.41 Å². The van der Waals surface area contributed by atoms with Crippen LogP contribution >= 0.6 is 0 Å². The Hall–Kier alpha value is -0.0800. The Morgan fingerprint density at radius 3 is 2.22 bits per heavy atom. The molecular weight excluding hydrogens is 220 g/mol. The van der Waals surface area contributed by atoms with Gasteiger partial charge in [0.2, 0.25) is 0 Å². The normalized spacial score (nSPS) is 21.5. The Balaban J connectivity index is 2.58. The molecule has 1 rings (SSSR count). The van der Waals surface area contributed by atoms with E-state index in [1.165, 1.54) is 45.2 Å². The van der Waals surface area contributed by atoms with Gasteiger partial charge in [-0.3, -0.25) is 0 Å². The molecule has 2 heteroatoms. The molecule has 1 unspecified atom stereocenters. The molecule has 0 aromatic heterocycles. The number of rotatable bonds is 6. The highest BCUT2D eigenvalue weighted by Gasteiger charge is 2.36. The van der Waals surface area contributed by atoms with Crippen LogP contribution in [0.25, 0.3) is 0 Å². The van der Waals surface area contributed by atoms with Gasteiger partial charge in [0.25, 0.3) is 0 Å². The lowest BCUT2D eigenvalue weighted by molar-refractivity contribution is 0.131. The Bertz CT molecular complexity index is 236. The van der Waals surface area contributed by atoms with Crippen LogP contribution in [0.3, 0.4) is 0 Å². The van der Waals surface area contributed by atoms with Gasteiger partial charge in [-0.25, -0.2) is 0 Å². The summed E-state index contributed by atoms with van der Waals surface area (Å²) < 4.78 is 0. The zero-order valence-electron chi connectivity index (χ0n) is 13.5. The largest absolute Gasteiger partial charge is 0.311 e. The first-order valence-corrected chi connectivity index (χ1v) is 7.73. The van der Waals surface area contributed by atoms with Gasteiger partial charge in [0.05, 0.1) is 0 Å². The van der Waals surface area contributed by atoms with Crippen molar-refractivity contribution in [2.75, 3.05) is 20.1 Å². The van der Waals surface area contributed by atoms with Crippen LogP contribution in [0.5, 0.6) is 0 Å². The van der Waals surface area contributed by atoms with Crippen LogP contribution in [0.4, 0.5) is 0 Å². The fraction of sp³-hybridized carbons (Fsp3) is 1.00. The Labute approximate surface area is 115 Å². The molecule has 1 N–H and O–H groups in total. The topological polar surface area (TPSA) is 15.3 Å². The van der Waals surface area contributed by atoms with Crippen LogP contribution in [0.2, 0.25) is 0 Å². The van der Waals surface area contributed by atoms with Gasteiger partial charge in [-0.05, 0) is 59.4 Å². The van der Waals surface area contributed by atoms with Gasteiger partial charge in [-0.15, -0.1) is 0 Å². The van der Waals surface area contributed by atoms with Crippen molar-refractivity contribution in [3.63, 3.8) is 0 Å². The van der Waals surface area contributed by atoms with E-state index in [-0.39, 0.29) is 5.54 Å². The van der Waals surface area contributed by atoms with Crippen molar-refractivity contribution in [2.45, 2.75) is 78.3 Å². The van der Waals surface area contributed by atoms with Crippen LogP contribution < -0.4 is 5.32 Å². The standard InChI is InChI=1S/C16H34N2/c1-7-14(2)18(6)13-16(10-8-9-11-16)12-17-15(3,4)5/h14,17H,7-13H2,1-6H3. The lowest BCUT2D eigenvalue weighted by Gasteiger charge is -2.38. The molecular formula is C16H34N2. The maximum absolute atomic E-state index is 3.74. The molecule has 0 bridgehead atoms. The fourth-order valence-corrected chi connectivity index (χ4v) is 2.97. The molecule has 0 aliphatic heterocycles. The molecule has 0 aromatic carbocycles. The molecule has 0 aromatic rings. The average molecular weight is 254 g/mol. The van der Waals surface area contributed by atoms with Crippen molar-refractivity contribution in [1.29, 1.82) is 0 Å². The average Bonchev–Trinajstić information content (AvgIpc) is 2.73. The zero-order chi connectivity index (χ0) is 13.8. The van der Waals surface area contributed by atoms with E-state index in [9.17, 15) is 0 Å².